The number of hydrogen-bond acceptors (Lipinski definition) is 4. The molecule has 2 aromatic carbocycles. The smallest absolute Gasteiger partial charge is 0.224 e. The van der Waals surface area contributed by atoms with E-state index in [1.807, 2.05) is 36.4 Å². The van der Waals surface area contributed by atoms with E-state index in [4.69, 9.17) is 14.2 Å². The molecule has 5 nitrogen and oxygen atoms in total. The van der Waals surface area contributed by atoms with Gasteiger partial charge in [0, 0.05) is 18.2 Å². The molecular formula is C19H23NO4. The summed E-state index contributed by atoms with van der Waals surface area (Å²) in [6.45, 7) is 0.587. The molecule has 0 saturated carbocycles. The van der Waals surface area contributed by atoms with E-state index in [0.29, 0.717) is 18.0 Å². The Labute approximate surface area is 142 Å². The molecule has 1 amide bonds. The van der Waals surface area contributed by atoms with Crippen LogP contribution >= 0.6 is 0 Å². The predicted octanol–water partition coefficient (Wildman–Crippen LogP) is 2.61. The number of amides is 1. The van der Waals surface area contributed by atoms with Gasteiger partial charge in [0.1, 0.15) is 17.2 Å². The molecule has 1 N–H and O–H groups in total. The van der Waals surface area contributed by atoms with Gasteiger partial charge < -0.3 is 19.5 Å². The maximum atomic E-state index is 12.1. The van der Waals surface area contributed by atoms with Gasteiger partial charge in [-0.15, -0.1) is 0 Å². The average molecular weight is 329 g/mol. The van der Waals surface area contributed by atoms with Crippen molar-refractivity contribution >= 4 is 5.91 Å². The minimum absolute atomic E-state index is 0.0352. The van der Waals surface area contributed by atoms with Crippen LogP contribution in [0.5, 0.6) is 17.2 Å². The van der Waals surface area contributed by atoms with Gasteiger partial charge in [-0.1, -0.05) is 18.2 Å². The number of hydrogen-bond donors (Lipinski definition) is 1. The zero-order chi connectivity index (χ0) is 17.4. The second kappa shape index (κ2) is 8.82. The molecular weight excluding hydrogens is 306 g/mol. The van der Waals surface area contributed by atoms with E-state index < -0.39 is 0 Å². The molecule has 0 aromatic heterocycles. The van der Waals surface area contributed by atoms with E-state index in [-0.39, 0.29) is 12.3 Å². The summed E-state index contributed by atoms with van der Waals surface area (Å²) < 4.78 is 15.6. The summed E-state index contributed by atoms with van der Waals surface area (Å²) in [7, 11) is 4.82. The summed E-state index contributed by atoms with van der Waals surface area (Å²) in [5.41, 5.74) is 1.98. The van der Waals surface area contributed by atoms with E-state index in [9.17, 15) is 4.79 Å². The lowest BCUT2D eigenvalue weighted by molar-refractivity contribution is -0.120. The van der Waals surface area contributed by atoms with Gasteiger partial charge in [0.15, 0.2) is 0 Å². The van der Waals surface area contributed by atoms with Crippen molar-refractivity contribution in [2.45, 2.75) is 12.8 Å². The highest BCUT2D eigenvalue weighted by molar-refractivity contribution is 5.79. The van der Waals surface area contributed by atoms with Crippen LogP contribution in [0.2, 0.25) is 0 Å². The van der Waals surface area contributed by atoms with Crippen molar-refractivity contribution in [2.24, 2.45) is 0 Å². The summed E-state index contributed by atoms with van der Waals surface area (Å²) in [5.74, 6) is 2.15. The number of methoxy groups -OCH3 is 3. The monoisotopic (exact) mass is 329 g/mol. The zero-order valence-electron chi connectivity index (χ0n) is 14.3. The summed E-state index contributed by atoms with van der Waals surface area (Å²) in [6.07, 6.45) is 1.05. The fourth-order valence-electron chi connectivity index (χ4n) is 2.37. The Balaban J connectivity index is 1.84. The normalized spacial score (nSPS) is 10.1. The number of rotatable bonds is 8. The second-order valence-electron chi connectivity index (χ2n) is 5.30. The average Bonchev–Trinajstić information content (AvgIpc) is 2.62. The maximum absolute atomic E-state index is 12.1. The fourth-order valence-corrected chi connectivity index (χ4v) is 2.37. The van der Waals surface area contributed by atoms with E-state index in [2.05, 4.69) is 5.32 Å². The van der Waals surface area contributed by atoms with Gasteiger partial charge in [0.2, 0.25) is 5.91 Å². The highest BCUT2D eigenvalue weighted by Crippen LogP contribution is 2.24. The Kier molecular flexibility index (Phi) is 6.49. The topological polar surface area (TPSA) is 56.8 Å². The van der Waals surface area contributed by atoms with Crippen molar-refractivity contribution in [3.63, 3.8) is 0 Å². The molecule has 24 heavy (non-hydrogen) atoms. The lowest BCUT2D eigenvalue weighted by Crippen LogP contribution is -2.27. The molecule has 0 radical (unpaired) electrons. The number of carbonyl (C=O) groups is 1. The molecule has 0 unspecified atom stereocenters. The van der Waals surface area contributed by atoms with Gasteiger partial charge in [-0.3, -0.25) is 4.79 Å². The molecule has 0 fully saturated rings. The number of ether oxygens (including phenoxy) is 3. The third kappa shape index (κ3) is 4.91. The first-order valence-electron chi connectivity index (χ1n) is 7.76. The summed E-state index contributed by atoms with van der Waals surface area (Å²) in [5, 5.41) is 2.93. The van der Waals surface area contributed by atoms with E-state index in [1.54, 1.807) is 27.4 Å². The van der Waals surface area contributed by atoms with Gasteiger partial charge in [0.25, 0.3) is 0 Å². The number of nitrogens with one attached hydrogen (secondary N) is 1. The highest BCUT2D eigenvalue weighted by atomic mass is 16.5. The first-order valence-corrected chi connectivity index (χ1v) is 7.76. The molecule has 0 aliphatic carbocycles. The Morgan fingerprint density at radius 3 is 2.21 bits per heavy atom. The molecule has 0 saturated heterocycles. The third-order valence-corrected chi connectivity index (χ3v) is 3.74. The van der Waals surface area contributed by atoms with Crippen LogP contribution in [0.3, 0.4) is 0 Å². The van der Waals surface area contributed by atoms with Crippen LogP contribution in [0.15, 0.2) is 42.5 Å². The van der Waals surface area contributed by atoms with Crippen molar-refractivity contribution in [3.05, 3.63) is 53.6 Å². The number of benzene rings is 2. The van der Waals surface area contributed by atoms with Crippen LogP contribution in [0.25, 0.3) is 0 Å². The van der Waals surface area contributed by atoms with Crippen molar-refractivity contribution in [2.75, 3.05) is 27.9 Å². The second-order valence-corrected chi connectivity index (χ2v) is 5.30. The van der Waals surface area contributed by atoms with Crippen molar-refractivity contribution in [1.82, 2.24) is 5.32 Å². The van der Waals surface area contributed by atoms with Crippen molar-refractivity contribution < 1.29 is 19.0 Å². The van der Waals surface area contributed by atoms with Crippen molar-refractivity contribution in [3.8, 4) is 17.2 Å². The molecule has 0 heterocycles. The van der Waals surface area contributed by atoms with Crippen LogP contribution in [0, 0.1) is 0 Å². The van der Waals surface area contributed by atoms with Gasteiger partial charge >= 0.3 is 0 Å². The third-order valence-electron chi connectivity index (χ3n) is 3.74. The lowest BCUT2D eigenvalue weighted by Gasteiger charge is -2.11. The van der Waals surface area contributed by atoms with Gasteiger partial charge in [-0.2, -0.15) is 0 Å². The zero-order valence-corrected chi connectivity index (χ0v) is 14.3. The molecule has 2 aromatic rings. The number of carbonyl (C=O) groups excluding carboxylic acids is 1. The van der Waals surface area contributed by atoms with Crippen LogP contribution in [0.4, 0.5) is 0 Å². The standard InChI is InChI=1S/C19H23NO4/c1-22-16-7-4-14(5-8-16)10-11-20-19(21)12-15-6-9-17(23-2)13-18(15)24-3/h4-9,13H,10-12H2,1-3H3,(H,20,21). The van der Waals surface area contributed by atoms with Gasteiger partial charge in [-0.25, -0.2) is 0 Å². The molecule has 0 aliphatic rings. The van der Waals surface area contributed by atoms with Crippen molar-refractivity contribution in [1.29, 1.82) is 0 Å². The highest BCUT2D eigenvalue weighted by Gasteiger charge is 2.09. The Hall–Kier alpha value is -2.69. The largest absolute Gasteiger partial charge is 0.497 e. The predicted molar refractivity (Wildman–Crippen MR) is 93.0 cm³/mol. The molecule has 2 rings (SSSR count). The van der Waals surface area contributed by atoms with Gasteiger partial charge in [-0.05, 0) is 30.2 Å². The summed E-state index contributed by atoms with van der Waals surface area (Å²) in [4.78, 5) is 12.1. The molecule has 0 spiro atoms. The molecule has 128 valence electrons. The molecule has 5 heteroatoms. The van der Waals surface area contributed by atoms with E-state index in [1.165, 1.54) is 0 Å². The van der Waals surface area contributed by atoms with E-state index >= 15 is 0 Å². The summed E-state index contributed by atoms with van der Waals surface area (Å²) in [6, 6.07) is 13.3. The minimum Gasteiger partial charge on any atom is -0.497 e. The van der Waals surface area contributed by atoms with Crippen LogP contribution in [-0.2, 0) is 17.6 Å². The first kappa shape index (κ1) is 17.7. The molecule has 0 atom stereocenters. The lowest BCUT2D eigenvalue weighted by atomic mass is 10.1. The van der Waals surface area contributed by atoms with E-state index in [0.717, 1.165) is 23.3 Å². The van der Waals surface area contributed by atoms with Crippen LogP contribution in [-0.4, -0.2) is 33.8 Å². The minimum atomic E-state index is -0.0352. The fraction of sp³-hybridized carbons (Fsp3) is 0.316. The van der Waals surface area contributed by atoms with Crippen LogP contribution in [0.1, 0.15) is 11.1 Å². The SMILES string of the molecule is COc1ccc(CCNC(=O)Cc2ccc(OC)cc2OC)cc1. The first-order chi connectivity index (χ1) is 11.7. The Bertz CT molecular complexity index is 668. The maximum Gasteiger partial charge on any atom is 0.224 e. The van der Waals surface area contributed by atoms with Crippen LogP contribution < -0.4 is 19.5 Å². The van der Waals surface area contributed by atoms with Gasteiger partial charge in [0.05, 0.1) is 27.8 Å². The Morgan fingerprint density at radius 1 is 0.917 bits per heavy atom. The summed E-state index contributed by atoms with van der Waals surface area (Å²) >= 11 is 0. The molecule has 0 bridgehead atoms. The quantitative estimate of drug-likeness (QED) is 0.809. The Morgan fingerprint density at radius 2 is 1.58 bits per heavy atom. The molecule has 0 aliphatic heterocycles.